The molecule has 0 atom stereocenters. The van der Waals surface area contributed by atoms with Gasteiger partial charge in [0.15, 0.2) is 0 Å². The first-order valence-electron chi connectivity index (χ1n) is 7.75. The Bertz CT molecular complexity index is 908. The van der Waals surface area contributed by atoms with Gasteiger partial charge in [0, 0.05) is 6.54 Å². The largest absolute Gasteiger partial charge is 0.375 e. The zero-order valence-electron chi connectivity index (χ0n) is 13.2. The van der Waals surface area contributed by atoms with Crippen molar-refractivity contribution in [1.29, 1.82) is 0 Å². The second-order valence-electron chi connectivity index (χ2n) is 5.44. The summed E-state index contributed by atoms with van der Waals surface area (Å²) >= 11 is 0. The molecule has 3 aromatic carbocycles. The van der Waals surface area contributed by atoms with Crippen LogP contribution in [0.5, 0.6) is 0 Å². The highest BCUT2D eigenvalue weighted by molar-refractivity contribution is 7.89. The maximum Gasteiger partial charge on any atom is 0.240 e. The zero-order chi connectivity index (χ0) is 16.8. The highest BCUT2D eigenvalue weighted by atomic mass is 32.2. The number of fused-ring (bicyclic) bond motifs is 1. The van der Waals surface area contributed by atoms with Crippen molar-refractivity contribution in [2.45, 2.75) is 11.5 Å². The number of benzene rings is 3. The Morgan fingerprint density at radius 1 is 0.833 bits per heavy atom. The highest BCUT2D eigenvalue weighted by Crippen LogP contribution is 2.18. The quantitative estimate of drug-likeness (QED) is 0.671. The van der Waals surface area contributed by atoms with Gasteiger partial charge in [-0.3, -0.25) is 0 Å². The molecule has 3 rings (SSSR count). The molecular weight excluding hydrogens is 322 g/mol. The molecule has 3 aromatic rings. The summed E-state index contributed by atoms with van der Waals surface area (Å²) in [5.74, 6) is 0. The predicted octanol–water partition coefficient (Wildman–Crippen LogP) is 3.33. The normalized spacial score (nSPS) is 11.7. The van der Waals surface area contributed by atoms with Gasteiger partial charge in [-0.05, 0) is 28.5 Å². The Morgan fingerprint density at radius 3 is 2.33 bits per heavy atom. The van der Waals surface area contributed by atoms with E-state index in [1.807, 2.05) is 60.7 Å². The molecule has 0 aliphatic rings. The molecule has 0 saturated carbocycles. The van der Waals surface area contributed by atoms with Crippen molar-refractivity contribution < 1.29 is 13.2 Å². The van der Waals surface area contributed by atoms with E-state index in [1.54, 1.807) is 12.1 Å². The van der Waals surface area contributed by atoms with Crippen LogP contribution in [0.1, 0.15) is 5.56 Å². The summed E-state index contributed by atoms with van der Waals surface area (Å²) in [5, 5.41) is 1.92. The third kappa shape index (κ3) is 4.20. The SMILES string of the molecule is O=S(=O)(NCCOCc1ccccc1)c1ccc2ccccc2c1. The molecule has 4 nitrogen and oxygen atoms in total. The van der Waals surface area contributed by atoms with Crippen LogP contribution in [0.3, 0.4) is 0 Å². The van der Waals surface area contributed by atoms with E-state index >= 15 is 0 Å². The van der Waals surface area contributed by atoms with Crippen molar-refractivity contribution in [2.24, 2.45) is 0 Å². The highest BCUT2D eigenvalue weighted by Gasteiger charge is 2.13. The summed E-state index contributed by atoms with van der Waals surface area (Å²) < 4.78 is 32.8. The molecule has 0 bridgehead atoms. The van der Waals surface area contributed by atoms with Crippen LogP contribution in [0.15, 0.2) is 77.7 Å². The Labute approximate surface area is 142 Å². The Morgan fingerprint density at radius 2 is 1.54 bits per heavy atom. The van der Waals surface area contributed by atoms with Crippen LogP contribution in [0.2, 0.25) is 0 Å². The maximum absolute atomic E-state index is 12.3. The van der Waals surface area contributed by atoms with Gasteiger partial charge in [0.1, 0.15) is 0 Å². The molecule has 0 fully saturated rings. The van der Waals surface area contributed by atoms with Gasteiger partial charge in [-0.15, -0.1) is 0 Å². The van der Waals surface area contributed by atoms with E-state index < -0.39 is 10.0 Å². The Balaban J connectivity index is 1.55. The first-order chi connectivity index (χ1) is 11.6. The van der Waals surface area contributed by atoms with Crippen molar-refractivity contribution in [3.8, 4) is 0 Å². The van der Waals surface area contributed by atoms with E-state index in [-0.39, 0.29) is 11.4 Å². The molecule has 1 N–H and O–H groups in total. The predicted molar refractivity (Wildman–Crippen MR) is 95.2 cm³/mol. The van der Waals surface area contributed by atoms with Gasteiger partial charge in [-0.1, -0.05) is 60.7 Å². The van der Waals surface area contributed by atoms with Crippen LogP contribution in [-0.4, -0.2) is 21.6 Å². The molecule has 0 amide bonds. The number of sulfonamides is 1. The minimum atomic E-state index is -3.53. The summed E-state index contributed by atoms with van der Waals surface area (Å²) in [6, 6.07) is 22.6. The average molecular weight is 341 g/mol. The number of rotatable bonds is 7. The van der Waals surface area contributed by atoms with E-state index in [1.165, 1.54) is 0 Å². The van der Waals surface area contributed by atoms with E-state index in [9.17, 15) is 8.42 Å². The van der Waals surface area contributed by atoms with Crippen molar-refractivity contribution in [3.63, 3.8) is 0 Å². The second kappa shape index (κ2) is 7.57. The first-order valence-corrected chi connectivity index (χ1v) is 9.24. The molecule has 0 aromatic heterocycles. The fraction of sp³-hybridized carbons (Fsp3) is 0.158. The number of nitrogens with one attached hydrogen (secondary N) is 1. The standard InChI is InChI=1S/C19H19NO3S/c21-24(22,19-11-10-17-8-4-5-9-18(17)14-19)20-12-13-23-15-16-6-2-1-3-7-16/h1-11,14,20H,12-13,15H2. The number of hydrogen-bond donors (Lipinski definition) is 1. The molecule has 0 radical (unpaired) electrons. The topological polar surface area (TPSA) is 55.4 Å². The van der Waals surface area contributed by atoms with Crippen LogP contribution in [0.25, 0.3) is 10.8 Å². The van der Waals surface area contributed by atoms with Gasteiger partial charge in [0.05, 0.1) is 18.1 Å². The lowest BCUT2D eigenvalue weighted by Gasteiger charge is -2.08. The second-order valence-corrected chi connectivity index (χ2v) is 7.21. The fourth-order valence-corrected chi connectivity index (χ4v) is 3.48. The molecule has 0 spiro atoms. The van der Waals surface area contributed by atoms with Gasteiger partial charge < -0.3 is 4.74 Å². The lowest BCUT2D eigenvalue weighted by molar-refractivity contribution is 0.126. The minimum absolute atomic E-state index is 0.238. The molecule has 5 heteroatoms. The molecule has 0 heterocycles. The minimum Gasteiger partial charge on any atom is -0.375 e. The third-order valence-electron chi connectivity index (χ3n) is 3.68. The Hall–Kier alpha value is -2.21. The van der Waals surface area contributed by atoms with E-state index in [4.69, 9.17) is 4.74 Å². The van der Waals surface area contributed by atoms with E-state index in [0.29, 0.717) is 13.2 Å². The van der Waals surface area contributed by atoms with Gasteiger partial charge in [0.25, 0.3) is 0 Å². The summed E-state index contributed by atoms with van der Waals surface area (Å²) in [7, 11) is -3.53. The van der Waals surface area contributed by atoms with Crippen molar-refractivity contribution in [2.75, 3.05) is 13.2 Å². The van der Waals surface area contributed by atoms with Crippen LogP contribution in [0, 0.1) is 0 Å². The molecule has 124 valence electrons. The summed E-state index contributed by atoms with van der Waals surface area (Å²) in [6.45, 7) is 1.03. The summed E-state index contributed by atoms with van der Waals surface area (Å²) in [6.07, 6.45) is 0. The molecule has 0 unspecified atom stereocenters. The van der Waals surface area contributed by atoms with Crippen molar-refractivity contribution in [1.82, 2.24) is 4.72 Å². The van der Waals surface area contributed by atoms with Gasteiger partial charge in [-0.2, -0.15) is 0 Å². The first kappa shape index (κ1) is 16.6. The lowest BCUT2D eigenvalue weighted by atomic mass is 10.1. The third-order valence-corrected chi connectivity index (χ3v) is 5.14. The van der Waals surface area contributed by atoms with Crippen molar-refractivity contribution >= 4 is 20.8 Å². The molecule has 0 saturated heterocycles. The monoisotopic (exact) mass is 341 g/mol. The average Bonchev–Trinajstić information content (AvgIpc) is 2.62. The molecule has 24 heavy (non-hydrogen) atoms. The molecular formula is C19H19NO3S. The van der Waals surface area contributed by atoms with Crippen LogP contribution >= 0.6 is 0 Å². The van der Waals surface area contributed by atoms with Gasteiger partial charge in [0.2, 0.25) is 10.0 Å². The Kier molecular flexibility index (Phi) is 5.25. The number of hydrogen-bond acceptors (Lipinski definition) is 3. The fourth-order valence-electron chi connectivity index (χ4n) is 2.43. The lowest BCUT2D eigenvalue weighted by Crippen LogP contribution is -2.27. The molecule has 0 aliphatic heterocycles. The van der Waals surface area contributed by atoms with Crippen LogP contribution in [-0.2, 0) is 21.4 Å². The number of ether oxygens (including phenoxy) is 1. The maximum atomic E-state index is 12.3. The van der Waals surface area contributed by atoms with E-state index in [2.05, 4.69) is 4.72 Å². The smallest absolute Gasteiger partial charge is 0.240 e. The zero-order valence-corrected chi connectivity index (χ0v) is 14.0. The van der Waals surface area contributed by atoms with Gasteiger partial charge in [-0.25, -0.2) is 13.1 Å². The summed E-state index contributed by atoms with van der Waals surface area (Å²) in [4.78, 5) is 0.268. The van der Waals surface area contributed by atoms with Crippen molar-refractivity contribution in [3.05, 3.63) is 78.4 Å². The van der Waals surface area contributed by atoms with Crippen LogP contribution < -0.4 is 4.72 Å². The molecule has 0 aliphatic carbocycles. The van der Waals surface area contributed by atoms with Crippen LogP contribution in [0.4, 0.5) is 0 Å². The summed E-state index contributed by atoms with van der Waals surface area (Å²) in [5.41, 5.74) is 1.06. The van der Waals surface area contributed by atoms with Gasteiger partial charge >= 0.3 is 0 Å². The van der Waals surface area contributed by atoms with E-state index in [0.717, 1.165) is 16.3 Å².